The third-order valence-electron chi connectivity index (χ3n) is 5.56. The second-order valence-corrected chi connectivity index (χ2v) is 7.51. The number of pyridine rings is 1. The molecule has 1 aliphatic carbocycles. The Hall–Kier alpha value is -3.80. The van der Waals surface area contributed by atoms with Crippen molar-refractivity contribution in [1.29, 1.82) is 0 Å². The zero-order valence-electron chi connectivity index (χ0n) is 16.0. The van der Waals surface area contributed by atoms with E-state index >= 15 is 0 Å². The van der Waals surface area contributed by atoms with Gasteiger partial charge in [-0.2, -0.15) is 5.10 Å². The first-order valence-corrected chi connectivity index (χ1v) is 9.59. The maximum Gasteiger partial charge on any atom is 0.149 e. The van der Waals surface area contributed by atoms with Gasteiger partial charge in [0.25, 0.3) is 0 Å². The fraction of sp³-hybridized carbons (Fsp3) is 0.130. The molecular formula is C23H22N6. The van der Waals surface area contributed by atoms with Crippen molar-refractivity contribution < 1.29 is 0 Å². The Balaban J connectivity index is 1.40. The van der Waals surface area contributed by atoms with Gasteiger partial charge in [-0.15, -0.1) is 0 Å². The Morgan fingerprint density at radius 1 is 0.931 bits per heavy atom. The average Bonchev–Trinajstić information content (AvgIpc) is 3.30. The fourth-order valence-electron chi connectivity index (χ4n) is 4.15. The summed E-state index contributed by atoms with van der Waals surface area (Å²) in [6, 6.07) is 16.9. The van der Waals surface area contributed by atoms with E-state index in [2.05, 4.69) is 52.5 Å². The number of anilines is 3. The molecular weight excluding hydrogens is 360 g/mol. The summed E-state index contributed by atoms with van der Waals surface area (Å²) in [6.07, 6.45) is 5.50. The van der Waals surface area contributed by atoms with E-state index in [4.69, 9.17) is 17.2 Å². The number of rotatable bonds is 4. The van der Waals surface area contributed by atoms with Gasteiger partial charge in [-0.3, -0.25) is 4.68 Å². The van der Waals surface area contributed by atoms with Crippen LogP contribution in [0.3, 0.4) is 0 Å². The number of nitrogens with two attached hydrogens (primary N) is 3. The summed E-state index contributed by atoms with van der Waals surface area (Å²) in [5, 5.41) is 4.55. The second kappa shape index (κ2) is 6.67. The van der Waals surface area contributed by atoms with Crippen LogP contribution in [0.2, 0.25) is 0 Å². The van der Waals surface area contributed by atoms with Crippen LogP contribution in [0, 0.1) is 0 Å². The molecule has 0 radical (unpaired) electrons. The minimum absolute atomic E-state index is 0.270. The quantitative estimate of drug-likeness (QED) is 0.442. The molecule has 0 atom stereocenters. The SMILES string of the molecule is Nc1cc(Cc2cnn(Cc3cccc4c3Cc3ccccc3-4)c2)c(N)c(N)n1. The van der Waals surface area contributed by atoms with Gasteiger partial charge in [-0.1, -0.05) is 42.5 Å². The van der Waals surface area contributed by atoms with E-state index in [0.717, 1.165) is 24.1 Å². The van der Waals surface area contributed by atoms with Crippen LogP contribution in [0.4, 0.5) is 17.3 Å². The molecule has 6 heteroatoms. The van der Waals surface area contributed by atoms with E-state index in [0.29, 0.717) is 17.9 Å². The zero-order chi connectivity index (χ0) is 20.0. The minimum Gasteiger partial charge on any atom is -0.396 e. The van der Waals surface area contributed by atoms with Crippen LogP contribution in [0.25, 0.3) is 11.1 Å². The van der Waals surface area contributed by atoms with Crippen molar-refractivity contribution in [3.05, 3.63) is 88.7 Å². The highest BCUT2D eigenvalue weighted by Gasteiger charge is 2.20. The van der Waals surface area contributed by atoms with Crippen molar-refractivity contribution in [3.63, 3.8) is 0 Å². The van der Waals surface area contributed by atoms with Gasteiger partial charge >= 0.3 is 0 Å². The summed E-state index contributed by atoms with van der Waals surface area (Å²) in [4.78, 5) is 4.00. The predicted molar refractivity (Wildman–Crippen MR) is 116 cm³/mol. The highest BCUT2D eigenvalue weighted by Crippen LogP contribution is 2.38. The maximum atomic E-state index is 6.06. The highest BCUT2D eigenvalue weighted by atomic mass is 15.3. The van der Waals surface area contributed by atoms with Crippen LogP contribution in [0.15, 0.2) is 60.9 Å². The van der Waals surface area contributed by atoms with Gasteiger partial charge in [0.05, 0.1) is 18.4 Å². The van der Waals surface area contributed by atoms with E-state index < -0.39 is 0 Å². The lowest BCUT2D eigenvalue weighted by Gasteiger charge is -2.09. The molecule has 0 saturated heterocycles. The summed E-state index contributed by atoms with van der Waals surface area (Å²) >= 11 is 0. The van der Waals surface area contributed by atoms with Gasteiger partial charge in [0.1, 0.15) is 11.6 Å². The molecule has 0 spiro atoms. The molecule has 144 valence electrons. The molecule has 0 bridgehead atoms. The second-order valence-electron chi connectivity index (χ2n) is 7.51. The van der Waals surface area contributed by atoms with Crippen LogP contribution in [-0.4, -0.2) is 14.8 Å². The van der Waals surface area contributed by atoms with Gasteiger partial charge in [0.2, 0.25) is 0 Å². The Kier molecular flexibility index (Phi) is 3.98. The molecule has 0 saturated carbocycles. The van der Waals surface area contributed by atoms with Crippen LogP contribution in [0.5, 0.6) is 0 Å². The van der Waals surface area contributed by atoms with Gasteiger partial charge in [0.15, 0.2) is 0 Å². The monoisotopic (exact) mass is 382 g/mol. The van der Waals surface area contributed by atoms with Crippen molar-refractivity contribution in [1.82, 2.24) is 14.8 Å². The lowest BCUT2D eigenvalue weighted by molar-refractivity contribution is 0.682. The molecule has 0 unspecified atom stereocenters. The minimum atomic E-state index is 0.270. The molecule has 5 rings (SSSR count). The molecule has 0 fully saturated rings. The van der Waals surface area contributed by atoms with Gasteiger partial charge < -0.3 is 17.2 Å². The first kappa shape index (κ1) is 17.3. The number of hydrogen-bond donors (Lipinski definition) is 3. The Morgan fingerprint density at radius 3 is 2.66 bits per heavy atom. The predicted octanol–water partition coefficient (Wildman–Crippen LogP) is 3.24. The van der Waals surface area contributed by atoms with Crippen LogP contribution in [-0.2, 0) is 19.4 Å². The average molecular weight is 382 g/mol. The summed E-state index contributed by atoms with van der Waals surface area (Å²) in [6.45, 7) is 0.729. The summed E-state index contributed by atoms with van der Waals surface area (Å²) in [7, 11) is 0. The van der Waals surface area contributed by atoms with Gasteiger partial charge in [0, 0.05) is 12.6 Å². The third kappa shape index (κ3) is 3.08. The van der Waals surface area contributed by atoms with Crippen LogP contribution >= 0.6 is 0 Å². The van der Waals surface area contributed by atoms with Crippen molar-refractivity contribution in [2.24, 2.45) is 0 Å². The largest absolute Gasteiger partial charge is 0.396 e. The molecule has 2 aromatic heterocycles. The van der Waals surface area contributed by atoms with Crippen LogP contribution < -0.4 is 17.2 Å². The molecule has 6 N–H and O–H groups in total. The lowest BCUT2D eigenvalue weighted by atomic mass is 10.0. The topological polar surface area (TPSA) is 109 Å². The normalized spacial score (nSPS) is 12.0. The maximum absolute atomic E-state index is 6.06. The Labute approximate surface area is 169 Å². The smallest absolute Gasteiger partial charge is 0.149 e. The Morgan fingerprint density at radius 2 is 1.76 bits per heavy atom. The Bertz CT molecular complexity index is 1220. The van der Waals surface area contributed by atoms with E-state index in [1.165, 1.54) is 27.8 Å². The number of fused-ring (bicyclic) bond motifs is 3. The van der Waals surface area contributed by atoms with E-state index in [-0.39, 0.29) is 5.82 Å². The number of hydrogen-bond acceptors (Lipinski definition) is 5. The van der Waals surface area contributed by atoms with E-state index in [1.807, 2.05) is 17.1 Å². The molecule has 29 heavy (non-hydrogen) atoms. The molecule has 1 aliphatic rings. The standard InChI is InChI=1S/C23H22N6/c24-21-10-17(22(25)23(26)28-21)8-14-11-27-29(12-14)13-16-5-3-7-19-18-6-2-1-4-15(18)9-20(16)19/h1-7,10-12H,8-9,13,25H2,(H4,24,26,28). The highest BCUT2D eigenvalue weighted by molar-refractivity contribution is 5.77. The van der Waals surface area contributed by atoms with Crippen molar-refractivity contribution in [2.75, 3.05) is 17.2 Å². The van der Waals surface area contributed by atoms with Crippen molar-refractivity contribution in [2.45, 2.75) is 19.4 Å². The molecule has 2 heterocycles. The number of nitrogen functional groups attached to an aromatic ring is 3. The zero-order valence-corrected chi connectivity index (χ0v) is 16.0. The number of nitrogens with zero attached hydrogens (tertiary/aromatic N) is 3. The summed E-state index contributed by atoms with van der Waals surface area (Å²) < 4.78 is 1.97. The van der Waals surface area contributed by atoms with E-state index in [9.17, 15) is 0 Å². The van der Waals surface area contributed by atoms with Crippen LogP contribution in [0.1, 0.15) is 27.8 Å². The molecule has 6 nitrogen and oxygen atoms in total. The van der Waals surface area contributed by atoms with E-state index in [1.54, 1.807) is 6.07 Å². The molecule has 0 aliphatic heterocycles. The van der Waals surface area contributed by atoms with Gasteiger partial charge in [-0.25, -0.2) is 4.98 Å². The first-order chi connectivity index (χ1) is 14.1. The first-order valence-electron chi connectivity index (χ1n) is 9.59. The molecule has 0 amide bonds. The molecule has 4 aromatic rings. The lowest BCUT2D eigenvalue weighted by Crippen LogP contribution is -2.05. The number of benzene rings is 2. The number of aromatic nitrogens is 3. The molecule has 2 aromatic carbocycles. The van der Waals surface area contributed by atoms with Crippen molar-refractivity contribution >= 4 is 17.3 Å². The fourth-order valence-corrected chi connectivity index (χ4v) is 4.15. The third-order valence-corrected chi connectivity index (χ3v) is 5.56. The van der Waals surface area contributed by atoms with Crippen molar-refractivity contribution in [3.8, 4) is 11.1 Å². The summed E-state index contributed by atoms with van der Waals surface area (Å²) in [5.41, 5.74) is 26.9. The van der Waals surface area contributed by atoms with Gasteiger partial charge in [-0.05, 0) is 51.4 Å². The summed E-state index contributed by atoms with van der Waals surface area (Å²) in [5.74, 6) is 0.644.